The molecule has 7 aromatic rings. The summed E-state index contributed by atoms with van der Waals surface area (Å²) in [5.74, 6) is 18.2. The van der Waals surface area contributed by atoms with E-state index in [1.807, 2.05) is 84.8 Å². The maximum Gasteiger partial charge on any atom is 0.330 e. The molecule has 10 rings (SSSR count). The lowest BCUT2D eigenvalue weighted by molar-refractivity contribution is -0.139. The summed E-state index contributed by atoms with van der Waals surface area (Å²) in [6.45, 7) is 15.1. The van der Waals surface area contributed by atoms with Gasteiger partial charge in [-0.2, -0.15) is 0 Å². The number of piperazine rings is 2. The molecular weight excluding hydrogens is 1230 g/mol. The van der Waals surface area contributed by atoms with Gasteiger partial charge in [-0.15, -0.1) is 11.3 Å². The first-order chi connectivity index (χ1) is 46.7. The number of nitrogen functional groups attached to an aromatic ring is 1. The van der Waals surface area contributed by atoms with Crippen molar-refractivity contribution in [1.82, 2.24) is 35.2 Å². The molecule has 3 aliphatic heterocycles. The highest BCUT2D eigenvalue weighted by molar-refractivity contribution is 7.13. The Labute approximate surface area is 567 Å². The van der Waals surface area contributed by atoms with Crippen LogP contribution < -0.4 is 25.9 Å². The summed E-state index contributed by atoms with van der Waals surface area (Å²) in [5, 5.41) is 11.0. The number of nitrogens with zero attached hydrogens (tertiary/aromatic N) is 9. The van der Waals surface area contributed by atoms with Crippen molar-refractivity contribution < 1.29 is 38.6 Å². The Balaban J connectivity index is 0.000000190. The van der Waals surface area contributed by atoms with Gasteiger partial charge >= 0.3 is 11.9 Å². The number of methoxy groups -OCH3 is 1. The van der Waals surface area contributed by atoms with Gasteiger partial charge in [0.2, 0.25) is 11.8 Å². The topological polar surface area (TPSA) is 222 Å². The van der Waals surface area contributed by atoms with Gasteiger partial charge in [0.25, 0.3) is 0 Å². The number of ether oxygens (including phenoxy) is 3. The number of anilines is 4. The quantitative estimate of drug-likeness (QED) is 0.0182. The molecule has 4 N–H and O–H groups in total. The number of pyridine rings is 3. The minimum absolute atomic E-state index is 0.185. The summed E-state index contributed by atoms with van der Waals surface area (Å²) in [7, 11) is 3.50. The van der Waals surface area contributed by atoms with Crippen LogP contribution in [-0.4, -0.2) is 158 Å². The van der Waals surface area contributed by atoms with Crippen molar-refractivity contribution >= 4 is 81.6 Å². The first-order valence-corrected chi connectivity index (χ1v) is 33.1. The number of thiazole rings is 1. The number of hydrogen-bond donors (Lipinski definition) is 3. The number of esters is 2. The summed E-state index contributed by atoms with van der Waals surface area (Å²) in [6, 6.07) is 36.1. The first-order valence-electron chi connectivity index (χ1n) is 32.2. The number of benzene rings is 3. The van der Waals surface area contributed by atoms with Crippen molar-refractivity contribution in [2.45, 2.75) is 52.4 Å². The largest absolute Gasteiger partial charge is 0.466 e. The van der Waals surface area contributed by atoms with Crippen molar-refractivity contribution in [2.24, 2.45) is 5.92 Å². The van der Waals surface area contributed by atoms with Gasteiger partial charge in [-0.1, -0.05) is 62.4 Å². The minimum Gasteiger partial charge on any atom is -0.466 e. The van der Waals surface area contributed by atoms with Crippen LogP contribution in [0.25, 0.3) is 24.3 Å². The molecule has 7 heterocycles. The summed E-state index contributed by atoms with van der Waals surface area (Å²) < 4.78 is 15.1. The summed E-state index contributed by atoms with van der Waals surface area (Å²) in [6.07, 6.45) is 19.1. The van der Waals surface area contributed by atoms with Crippen molar-refractivity contribution in [3.05, 3.63) is 201 Å². The van der Waals surface area contributed by atoms with Crippen LogP contribution in [-0.2, 0) is 33.4 Å². The van der Waals surface area contributed by atoms with Gasteiger partial charge in [-0.3, -0.25) is 24.8 Å². The van der Waals surface area contributed by atoms with Gasteiger partial charge in [0.1, 0.15) is 5.69 Å². The molecule has 3 aromatic carbocycles. The standard InChI is InChI=1S/C32H40N4O5.C22H20N4OS.C22H23N3O2/c1-25(2)24-41-32(39)18-13-27-10-15-28(33-23-27)14-9-26-11-16-29(17-12-26)35-19-21-36(22-20-35)31(38)8-6-4-3-5-7-30(37)34-40;23-22-25-20(16-28-22)8-7-19-6-3-18(15-24-19)2-1-17-4-9-21(10-5-17)26-11-13-27-14-12-26;1-24-13-15-25(16-14-24)21-10-6-18(7-11-21)3-4-19-5-8-20(23-17-19)9-12-22(26)27-2/h10-13,15-18,23,25,40H,3-8,19-22,24H2,1-2H3,(H,34,37);3-10,15-16H,11-14H2,(H2,23,25);5-12,17H,13-16H2,1-2H3/b18-13+;8-7+;12-9+. The monoisotopic (exact) mass is 1310 g/mol. The van der Waals surface area contributed by atoms with E-state index in [2.05, 4.69) is 148 Å². The Hall–Kier alpha value is -10.4. The van der Waals surface area contributed by atoms with Crippen LogP contribution in [0, 0.1) is 41.4 Å². The molecule has 0 radical (unpaired) electrons. The summed E-state index contributed by atoms with van der Waals surface area (Å²) in [5.41, 5.74) is 19.2. The van der Waals surface area contributed by atoms with Gasteiger partial charge in [-0.25, -0.2) is 25.0 Å². The molecule has 0 atom stereocenters. The third kappa shape index (κ3) is 25.1. The van der Waals surface area contributed by atoms with E-state index in [1.165, 1.54) is 42.0 Å². The van der Waals surface area contributed by atoms with Gasteiger partial charge in [0.15, 0.2) is 5.13 Å². The number of hydroxylamine groups is 1. The number of unbranched alkanes of at least 4 members (excludes halogenated alkanes) is 3. The zero-order valence-electron chi connectivity index (χ0n) is 55.0. The molecule has 96 heavy (non-hydrogen) atoms. The maximum atomic E-state index is 12.6. The molecule has 0 spiro atoms. The summed E-state index contributed by atoms with van der Waals surface area (Å²) in [4.78, 5) is 74.9. The number of carbonyl (C=O) groups is 4. The minimum atomic E-state index is -0.402. The Morgan fingerprint density at radius 1 is 0.573 bits per heavy atom. The zero-order chi connectivity index (χ0) is 67.7. The Morgan fingerprint density at radius 2 is 1.07 bits per heavy atom. The normalized spacial score (nSPS) is 13.9. The van der Waals surface area contributed by atoms with E-state index in [9.17, 15) is 19.2 Å². The number of rotatable bonds is 18. The number of nitrogens with one attached hydrogen (secondary N) is 1. The number of hydrogen-bond acceptors (Lipinski definition) is 18. The highest BCUT2D eigenvalue weighted by Gasteiger charge is 2.21. The molecule has 20 heteroatoms. The molecule has 3 saturated heterocycles. The molecular formula is C76H83N11O8S. The first kappa shape index (κ1) is 71.4. The number of amides is 2. The van der Waals surface area contributed by atoms with Gasteiger partial charge in [-0.05, 0) is 165 Å². The second-order valence-electron chi connectivity index (χ2n) is 23.2. The van der Waals surface area contributed by atoms with Crippen molar-refractivity contribution in [3.63, 3.8) is 0 Å². The zero-order valence-corrected chi connectivity index (χ0v) is 55.8. The second kappa shape index (κ2) is 38.7. The summed E-state index contributed by atoms with van der Waals surface area (Å²) >= 11 is 1.42. The predicted molar refractivity (Wildman–Crippen MR) is 380 cm³/mol. The number of carbonyl (C=O) groups excluding carboxylic acids is 4. The average Bonchev–Trinajstić information content (AvgIpc) is 1.06. The third-order valence-corrected chi connectivity index (χ3v) is 16.1. The predicted octanol–water partition coefficient (Wildman–Crippen LogP) is 10.1. The van der Waals surface area contributed by atoms with E-state index in [4.69, 9.17) is 20.4 Å². The van der Waals surface area contributed by atoms with Gasteiger partial charge < -0.3 is 44.4 Å². The fraction of sp³-hybridized carbons (Fsp3) is 0.316. The lowest BCUT2D eigenvalue weighted by atomic mass is 10.1. The van der Waals surface area contributed by atoms with Gasteiger partial charge in [0, 0.05) is 159 Å². The highest BCUT2D eigenvalue weighted by atomic mass is 32.1. The van der Waals surface area contributed by atoms with Crippen LogP contribution in [0.2, 0.25) is 0 Å². The Bertz CT molecular complexity index is 3890. The van der Waals surface area contributed by atoms with Crippen LogP contribution in [0.15, 0.2) is 145 Å². The number of likely N-dealkylation sites (N-methyl/N-ethyl adjacent to an activating group) is 1. The smallest absolute Gasteiger partial charge is 0.330 e. The SMILES string of the molecule is CC(C)COC(=O)/C=C/c1ccc(C#Cc2ccc(N3CCN(C(=O)CCCCCCC(=O)NO)CC3)cc2)nc1.COC(=O)/C=C/c1ccc(C#Cc2ccc(N3CCN(C)CC3)cc2)cn1.Nc1nc(/C=C/c2ccc(C#Cc3ccc(N4CCOCC4)cc3)cn2)cs1. The molecule has 2 amide bonds. The molecule has 0 unspecified atom stereocenters. The van der Waals surface area contributed by atoms with Crippen LogP contribution in [0.4, 0.5) is 22.2 Å². The van der Waals surface area contributed by atoms with E-state index in [-0.39, 0.29) is 17.8 Å². The molecule has 3 fully saturated rings. The van der Waals surface area contributed by atoms with Crippen molar-refractivity contribution in [2.75, 3.05) is 120 Å². The maximum absolute atomic E-state index is 12.6. The van der Waals surface area contributed by atoms with Crippen LogP contribution in [0.5, 0.6) is 0 Å². The van der Waals surface area contributed by atoms with E-state index >= 15 is 0 Å². The van der Waals surface area contributed by atoms with Crippen LogP contribution in [0.1, 0.15) is 109 Å². The number of nitrogens with two attached hydrogens (primary N) is 1. The van der Waals surface area contributed by atoms with Gasteiger partial charge in [0.05, 0.1) is 44.0 Å². The highest BCUT2D eigenvalue weighted by Crippen LogP contribution is 2.21. The molecule has 19 nitrogen and oxygen atoms in total. The van der Waals surface area contributed by atoms with E-state index in [0.29, 0.717) is 61.4 Å². The Morgan fingerprint density at radius 3 is 1.57 bits per heavy atom. The molecule has 4 aromatic heterocycles. The fourth-order valence-corrected chi connectivity index (χ4v) is 10.4. The molecule has 496 valence electrons. The lowest BCUT2D eigenvalue weighted by Gasteiger charge is -2.36. The second-order valence-corrected chi connectivity index (χ2v) is 24.1. The average molecular weight is 1310 g/mol. The lowest BCUT2D eigenvalue weighted by Crippen LogP contribution is -2.48. The number of aromatic nitrogens is 4. The fourth-order valence-electron chi connectivity index (χ4n) is 9.89. The number of morpholine rings is 1. The molecule has 0 bridgehead atoms. The van der Waals surface area contributed by atoms with Crippen LogP contribution >= 0.6 is 11.3 Å². The van der Waals surface area contributed by atoms with Crippen molar-refractivity contribution in [1.29, 1.82) is 0 Å². The van der Waals surface area contributed by atoms with E-state index in [0.717, 1.165) is 135 Å². The van der Waals surface area contributed by atoms with E-state index < -0.39 is 5.97 Å². The molecule has 3 aliphatic rings. The van der Waals surface area contributed by atoms with Crippen molar-refractivity contribution in [3.8, 4) is 35.5 Å². The van der Waals surface area contributed by atoms with Crippen LogP contribution in [0.3, 0.4) is 0 Å². The van der Waals surface area contributed by atoms with E-state index in [1.54, 1.807) is 36.2 Å². The molecule has 0 saturated carbocycles. The molecule has 0 aliphatic carbocycles. The third-order valence-electron chi connectivity index (χ3n) is 15.4. The Kier molecular flexibility index (Phi) is 28.8.